The maximum Gasteiger partial charge on any atom is 0.101 e. The van der Waals surface area contributed by atoms with Crippen molar-refractivity contribution < 1.29 is 0 Å². The van der Waals surface area contributed by atoms with Crippen LogP contribution in [0.3, 0.4) is 0 Å². The van der Waals surface area contributed by atoms with Crippen LogP contribution in [0.15, 0.2) is 30.6 Å². The first-order valence-corrected chi connectivity index (χ1v) is 5.99. The van der Waals surface area contributed by atoms with Gasteiger partial charge in [0, 0.05) is 17.3 Å². The summed E-state index contributed by atoms with van der Waals surface area (Å²) in [7, 11) is 0. The normalized spacial score (nSPS) is 10.4. The van der Waals surface area contributed by atoms with Gasteiger partial charge in [-0.25, -0.2) is 0 Å². The monoisotopic (exact) mass is 260 g/mol. The second kappa shape index (κ2) is 5.11. The van der Waals surface area contributed by atoms with Gasteiger partial charge in [-0.1, -0.05) is 11.6 Å². The first-order chi connectivity index (χ1) is 8.60. The van der Waals surface area contributed by atoms with Gasteiger partial charge in [0.25, 0.3) is 0 Å². The summed E-state index contributed by atoms with van der Waals surface area (Å²) in [5.41, 5.74) is 2.09. The SMILES string of the molecule is CC(C)n1cc(Nc2ccc(Cl)cc2C#N)cn1. The van der Waals surface area contributed by atoms with Crippen LogP contribution in [0.1, 0.15) is 25.5 Å². The minimum Gasteiger partial charge on any atom is -0.352 e. The Labute approximate surface area is 111 Å². The van der Waals surface area contributed by atoms with E-state index in [2.05, 4.69) is 30.3 Å². The molecule has 0 spiro atoms. The number of hydrogen-bond acceptors (Lipinski definition) is 3. The number of halogens is 1. The van der Waals surface area contributed by atoms with E-state index < -0.39 is 0 Å². The van der Waals surface area contributed by atoms with Crippen molar-refractivity contribution in [2.75, 3.05) is 5.32 Å². The van der Waals surface area contributed by atoms with Crippen molar-refractivity contribution in [1.29, 1.82) is 5.26 Å². The summed E-state index contributed by atoms with van der Waals surface area (Å²) in [6, 6.07) is 7.59. The molecule has 1 heterocycles. The molecule has 0 amide bonds. The molecule has 4 nitrogen and oxygen atoms in total. The number of benzene rings is 1. The van der Waals surface area contributed by atoms with Crippen molar-refractivity contribution in [3.05, 3.63) is 41.2 Å². The lowest BCUT2D eigenvalue weighted by Crippen LogP contribution is -2.00. The molecule has 0 bridgehead atoms. The summed E-state index contributed by atoms with van der Waals surface area (Å²) in [5, 5.41) is 17.0. The lowest BCUT2D eigenvalue weighted by molar-refractivity contribution is 0.532. The molecule has 18 heavy (non-hydrogen) atoms. The van der Waals surface area contributed by atoms with Crippen LogP contribution in [0, 0.1) is 11.3 Å². The molecule has 0 atom stereocenters. The summed E-state index contributed by atoms with van der Waals surface area (Å²) in [4.78, 5) is 0. The maximum absolute atomic E-state index is 9.04. The van der Waals surface area contributed by atoms with Crippen molar-refractivity contribution in [3.8, 4) is 6.07 Å². The van der Waals surface area contributed by atoms with E-state index in [0.717, 1.165) is 11.4 Å². The Hall–Kier alpha value is -1.99. The number of anilines is 2. The van der Waals surface area contributed by atoms with E-state index in [1.54, 1.807) is 24.4 Å². The molecule has 1 N–H and O–H groups in total. The molecule has 0 saturated carbocycles. The molecule has 0 aliphatic carbocycles. The number of rotatable bonds is 3. The predicted octanol–water partition coefficient (Wildman–Crippen LogP) is 3.73. The summed E-state index contributed by atoms with van der Waals surface area (Å²) in [5.74, 6) is 0. The van der Waals surface area contributed by atoms with Gasteiger partial charge in [0.1, 0.15) is 6.07 Å². The third-order valence-electron chi connectivity index (χ3n) is 2.51. The molecule has 0 saturated heterocycles. The minimum atomic E-state index is 0.307. The molecule has 0 radical (unpaired) electrons. The van der Waals surface area contributed by atoms with Crippen LogP contribution in [-0.2, 0) is 0 Å². The van der Waals surface area contributed by atoms with E-state index >= 15 is 0 Å². The third-order valence-corrected chi connectivity index (χ3v) is 2.75. The molecule has 5 heteroatoms. The Bertz CT molecular complexity index is 595. The average Bonchev–Trinajstić information content (AvgIpc) is 2.80. The van der Waals surface area contributed by atoms with Crippen LogP contribution in [0.4, 0.5) is 11.4 Å². The number of nitrogens with one attached hydrogen (secondary N) is 1. The van der Waals surface area contributed by atoms with Gasteiger partial charge >= 0.3 is 0 Å². The highest BCUT2D eigenvalue weighted by Crippen LogP contribution is 2.23. The highest BCUT2D eigenvalue weighted by Gasteiger charge is 2.06. The Morgan fingerprint density at radius 3 is 2.83 bits per heavy atom. The van der Waals surface area contributed by atoms with Crippen LogP contribution in [0.2, 0.25) is 5.02 Å². The lowest BCUT2D eigenvalue weighted by atomic mass is 10.2. The van der Waals surface area contributed by atoms with Gasteiger partial charge in [0.2, 0.25) is 0 Å². The smallest absolute Gasteiger partial charge is 0.101 e. The molecule has 0 aliphatic heterocycles. The highest BCUT2D eigenvalue weighted by molar-refractivity contribution is 6.30. The Kier molecular flexibility index (Phi) is 3.54. The maximum atomic E-state index is 9.04. The van der Waals surface area contributed by atoms with Gasteiger partial charge in [-0.2, -0.15) is 10.4 Å². The molecule has 0 fully saturated rings. The zero-order valence-corrected chi connectivity index (χ0v) is 10.9. The standard InChI is InChI=1S/C13H13ClN4/c1-9(2)18-8-12(7-16-18)17-13-4-3-11(14)5-10(13)6-15/h3-5,7-9,17H,1-2H3. The minimum absolute atomic E-state index is 0.307. The summed E-state index contributed by atoms with van der Waals surface area (Å²) < 4.78 is 1.85. The zero-order valence-electron chi connectivity index (χ0n) is 10.2. The predicted molar refractivity (Wildman–Crippen MR) is 72.1 cm³/mol. The molecule has 2 rings (SSSR count). The molecular formula is C13H13ClN4. The largest absolute Gasteiger partial charge is 0.352 e. The lowest BCUT2D eigenvalue weighted by Gasteiger charge is -2.06. The summed E-state index contributed by atoms with van der Waals surface area (Å²) in [6.07, 6.45) is 3.64. The quantitative estimate of drug-likeness (QED) is 0.915. The fraction of sp³-hybridized carbons (Fsp3) is 0.231. The molecule has 92 valence electrons. The fourth-order valence-electron chi connectivity index (χ4n) is 1.56. The van der Waals surface area contributed by atoms with E-state index in [-0.39, 0.29) is 0 Å². The second-order valence-electron chi connectivity index (χ2n) is 4.23. The molecule has 1 aromatic heterocycles. The van der Waals surface area contributed by atoms with E-state index in [1.165, 1.54) is 0 Å². The van der Waals surface area contributed by atoms with Crippen LogP contribution >= 0.6 is 11.6 Å². The Balaban J connectivity index is 2.26. The number of nitriles is 1. The molecule has 0 unspecified atom stereocenters. The van der Waals surface area contributed by atoms with Crippen molar-refractivity contribution in [3.63, 3.8) is 0 Å². The summed E-state index contributed by atoms with van der Waals surface area (Å²) in [6.45, 7) is 4.11. The zero-order chi connectivity index (χ0) is 13.1. The topological polar surface area (TPSA) is 53.6 Å². The summed E-state index contributed by atoms with van der Waals surface area (Å²) >= 11 is 5.85. The molecule has 1 aromatic carbocycles. The van der Waals surface area contributed by atoms with Crippen molar-refractivity contribution in [1.82, 2.24) is 9.78 Å². The van der Waals surface area contributed by atoms with Gasteiger partial charge in [-0.05, 0) is 32.0 Å². The van der Waals surface area contributed by atoms with Crippen LogP contribution < -0.4 is 5.32 Å². The van der Waals surface area contributed by atoms with Gasteiger partial charge in [-0.15, -0.1) is 0 Å². The Morgan fingerprint density at radius 1 is 1.44 bits per heavy atom. The number of aromatic nitrogens is 2. The molecule has 2 aromatic rings. The molecule has 0 aliphatic rings. The molecular weight excluding hydrogens is 248 g/mol. The fourth-order valence-corrected chi connectivity index (χ4v) is 1.73. The van der Waals surface area contributed by atoms with E-state index in [1.807, 2.05) is 10.9 Å². The Morgan fingerprint density at radius 2 is 2.22 bits per heavy atom. The third kappa shape index (κ3) is 2.63. The second-order valence-corrected chi connectivity index (χ2v) is 4.67. The number of nitrogens with zero attached hydrogens (tertiary/aromatic N) is 3. The van der Waals surface area contributed by atoms with Crippen LogP contribution in [0.25, 0.3) is 0 Å². The van der Waals surface area contributed by atoms with E-state index in [4.69, 9.17) is 16.9 Å². The first-order valence-electron chi connectivity index (χ1n) is 5.61. The van der Waals surface area contributed by atoms with E-state index in [0.29, 0.717) is 16.6 Å². The van der Waals surface area contributed by atoms with Gasteiger partial charge in [-0.3, -0.25) is 4.68 Å². The van der Waals surface area contributed by atoms with Crippen LogP contribution in [-0.4, -0.2) is 9.78 Å². The van der Waals surface area contributed by atoms with Gasteiger partial charge in [0.05, 0.1) is 23.1 Å². The van der Waals surface area contributed by atoms with Crippen LogP contribution in [0.5, 0.6) is 0 Å². The first kappa shape index (κ1) is 12.5. The van der Waals surface area contributed by atoms with Crippen molar-refractivity contribution in [2.24, 2.45) is 0 Å². The van der Waals surface area contributed by atoms with Crippen molar-refractivity contribution >= 4 is 23.0 Å². The van der Waals surface area contributed by atoms with Gasteiger partial charge < -0.3 is 5.32 Å². The average molecular weight is 261 g/mol. The number of hydrogen-bond donors (Lipinski definition) is 1. The van der Waals surface area contributed by atoms with Crippen molar-refractivity contribution in [2.45, 2.75) is 19.9 Å². The van der Waals surface area contributed by atoms with Gasteiger partial charge in [0.15, 0.2) is 0 Å². The van der Waals surface area contributed by atoms with E-state index in [9.17, 15) is 0 Å². The highest BCUT2D eigenvalue weighted by atomic mass is 35.5.